The van der Waals surface area contributed by atoms with Crippen molar-refractivity contribution in [3.63, 3.8) is 0 Å². The van der Waals surface area contributed by atoms with Crippen LogP contribution in [0.5, 0.6) is 0 Å². The minimum Gasteiger partial charge on any atom is -0.381 e. The molecule has 2 N–H and O–H groups in total. The topological polar surface area (TPSA) is 84.5 Å². The molecule has 6 nitrogen and oxygen atoms in total. The van der Waals surface area contributed by atoms with Crippen LogP contribution in [0.2, 0.25) is 0 Å². The zero-order chi connectivity index (χ0) is 13.4. The van der Waals surface area contributed by atoms with Crippen LogP contribution in [0.1, 0.15) is 20.3 Å². The number of hydrogen-bond acceptors (Lipinski definition) is 4. The van der Waals surface area contributed by atoms with Crippen LogP contribution in [0.3, 0.4) is 0 Å². The van der Waals surface area contributed by atoms with E-state index < -0.39 is 21.5 Å². The van der Waals surface area contributed by atoms with Crippen molar-refractivity contribution in [2.24, 2.45) is 11.3 Å². The first-order valence-electron chi connectivity index (χ1n) is 6.16. The average molecular weight is 276 g/mol. The number of amides is 1. The highest BCUT2D eigenvalue weighted by Crippen LogP contribution is 2.26. The maximum Gasteiger partial charge on any atom is 0.238 e. The first-order valence-corrected chi connectivity index (χ1v) is 7.81. The molecule has 2 heterocycles. The van der Waals surface area contributed by atoms with Gasteiger partial charge in [0.2, 0.25) is 15.9 Å². The minimum atomic E-state index is -3.44. The summed E-state index contributed by atoms with van der Waals surface area (Å²) in [4.78, 5) is 11.6. The lowest BCUT2D eigenvalue weighted by molar-refractivity contribution is -0.121. The largest absolute Gasteiger partial charge is 0.381 e. The Kier molecular flexibility index (Phi) is 3.66. The molecule has 1 amide bonds. The van der Waals surface area contributed by atoms with E-state index in [1.165, 1.54) is 0 Å². The third-order valence-corrected chi connectivity index (χ3v) is 5.04. The summed E-state index contributed by atoms with van der Waals surface area (Å²) in [5.74, 6) is -0.173. The molecular weight excluding hydrogens is 256 g/mol. The van der Waals surface area contributed by atoms with Gasteiger partial charge in [-0.3, -0.25) is 4.79 Å². The van der Waals surface area contributed by atoms with Gasteiger partial charge in [-0.1, -0.05) is 13.8 Å². The second kappa shape index (κ2) is 4.79. The van der Waals surface area contributed by atoms with Crippen molar-refractivity contribution >= 4 is 15.9 Å². The molecule has 0 aromatic rings. The second-order valence-corrected chi connectivity index (χ2v) is 7.57. The molecule has 0 aromatic carbocycles. The van der Waals surface area contributed by atoms with Crippen LogP contribution >= 0.6 is 0 Å². The Balaban J connectivity index is 2.00. The highest BCUT2D eigenvalue weighted by atomic mass is 32.2. The fourth-order valence-corrected chi connectivity index (χ4v) is 4.10. The van der Waals surface area contributed by atoms with E-state index in [9.17, 15) is 13.2 Å². The van der Waals surface area contributed by atoms with E-state index in [2.05, 4.69) is 10.0 Å². The number of rotatable bonds is 4. The van der Waals surface area contributed by atoms with Crippen LogP contribution in [0.25, 0.3) is 0 Å². The Labute approximate surface area is 108 Å². The van der Waals surface area contributed by atoms with E-state index in [0.717, 1.165) is 6.42 Å². The third-order valence-electron chi connectivity index (χ3n) is 3.54. The van der Waals surface area contributed by atoms with Gasteiger partial charge >= 0.3 is 0 Å². The van der Waals surface area contributed by atoms with Crippen molar-refractivity contribution < 1.29 is 17.9 Å². The molecule has 0 aliphatic carbocycles. The predicted octanol–water partition coefficient (Wildman–Crippen LogP) is -0.533. The van der Waals surface area contributed by atoms with E-state index in [1.807, 2.05) is 13.8 Å². The quantitative estimate of drug-likeness (QED) is 0.723. The maximum atomic E-state index is 12.0. The predicted molar refractivity (Wildman–Crippen MR) is 66.4 cm³/mol. The molecule has 2 aliphatic rings. The monoisotopic (exact) mass is 276 g/mol. The van der Waals surface area contributed by atoms with Gasteiger partial charge in [-0.15, -0.1) is 0 Å². The zero-order valence-corrected chi connectivity index (χ0v) is 11.5. The van der Waals surface area contributed by atoms with E-state index >= 15 is 0 Å². The summed E-state index contributed by atoms with van der Waals surface area (Å²) in [5, 5.41) is 2.69. The third kappa shape index (κ3) is 3.02. The van der Waals surface area contributed by atoms with Gasteiger partial charge in [0.1, 0.15) is 6.04 Å². The first kappa shape index (κ1) is 13.8. The number of ether oxygens (including phenoxy) is 1. The molecule has 2 atom stereocenters. The van der Waals surface area contributed by atoms with Gasteiger partial charge in [-0.25, -0.2) is 13.1 Å². The normalized spacial score (nSPS) is 31.6. The van der Waals surface area contributed by atoms with E-state index in [4.69, 9.17) is 4.74 Å². The molecule has 0 aromatic heterocycles. The van der Waals surface area contributed by atoms with E-state index in [-0.39, 0.29) is 17.6 Å². The van der Waals surface area contributed by atoms with Gasteiger partial charge in [0.05, 0.1) is 12.4 Å². The summed E-state index contributed by atoms with van der Waals surface area (Å²) in [6.45, 7) is 5.34. The molecule has 0 radical (unpaired) electrons. The zero-order valence-electron chi connectivity index (χ0n) is 10.7. The minimum absolute atomic E-state index is 0.0346. The van der Waals surface area contributed by atoms with E-state index in [1.54, 1.807) is 0 Å². The Morgan fingerprint density at radius 3 is 2.72 bits per heavy atom. The smallest absolute Gasteiger partial charge is 0.238 e. The molecule has 2 aliphatic heterocycles. The molecule has 2 rings (SSSR count). The van der Waals surface area contributed by atoms with Crippen LogP contribution < -0.4 is 10.0 Å². The number of carbonyl (C=O) groups excluding carboxylic acids is 1. The van der Waals surface area contributed by atoms with Crippen molar-refractivity contribution in [1.29, 1.82) is 0 Å². The second-order valence-electron chi connectivity index (χ2n) is 5.77. The number of hydrogen-bond donors (Lipinski definition) is 2. The van der Waals surface area contributed by atoms with Gasteiger partial charge in [0.15, 0.2) is 0 Å². The number of carbonyl (C=O) groups is 1. The number of nitrogens with one attached hydrogen (secondary N) is 2. The summed E-state index contributed by atoms with van der Waals surface area (Å²) in [6, 6.07) is -0.676. The van der Waals surface area contributed by atoms with Crippen molar-refractivity contribution in [1.82, 2.24) is 10.0 Å². The Morgan fingerprint density at radius 2 is 2.22 bits per heavy atom. The van der Waals surface area contributed by atoms with Gasteiger partial charge in [0, 0.05) is 18.6 Å². The average Bonchev–Trinajstić information content (AvgIpc) is 2.81. The lowest BCUT2D eigenvalue weighted by Gasteiger charge is -2.24. The van der Waals surface area contributed by atoms with Crippen molar-refractivity contribution in [2.75, 3.05) is 25.5 Å². The summed E-state index contributed by atoms with van der Waals surface area (Å²) >= 11 is 0. The molecule has 2 saturated heterocycles. The molecule has 18 heavy (non-hydrogen) atoms. The Bertz CT molecular complexity index is 426. The van der Waals surface area contributed by atoms with Gasteiger partial charge in [-0.05, 0) is 12.3 Å². The standard InChI is InChI=1S/C11H20N2O4S/c1-11(2)7-12-10(14)9(11)13-18(15,16)6-8-3-4-17-5-8/h8-9,13H,3-7H2,1-2H3,(H,12,14). The van der Waals surface area contributed by atoms with Crippen LogP contribution in [0.15, 0.2) is 0 Å². The highest BCUT2D eigenvalue weighted by Gasteiger charge is 2.43. The van der Waals surface area contributed by atoms with Crippen LogP contribution in [0.4, 0.5) is 0 Å². The SMILES string of the molecule is CC1(C)CNC(=O)C1NS(=O)(=O)CC1CCOC1. The fourth-order valence-electron chi connectivity index (χ4n) is 2.34. The van der Waals surface area contributed by atoms with Crippen molar-refractivity contribution in [3.8, 4) is 0 Å². The molecule has 2 unspecified atom stereocenters. The van der Waals surface area contributed by atoms with Crippen LogP contribution in [-0.2, 0) is 19.6 Å². The first-order chi connectivity index (χ1) is 8.30. The maximum absolute atomic E-state index is 12.0. The van der Waals surface area contributed by atoms with Crippen LogP contribution in [-0.4, -0.2) is 45.9 Å². The molecule has 0 saturated carbocycles. The summed E-state index contributed by atoms with van der Waals surface area (Å²) in [5.41, 5.74) is -0.393. The molecular formula is C11H20N2O4S. The molecule has 0 bridgehead atoms. The lowest BCUT2D eigenvalue weighted by atomic mass is 9.88. The fraction of sp³-hybridized carbons (Fsp3) is 0.909. The highest BCUT2D eigenvalue weighted by molar-refractivity contribution is 7.89. The molecule has 104 valence electrons. The van der Waals surface area contributed by atoms with Gasteiger partial charge in [0.25, 0.3) is 0 Å². The van der Waals surface area contributed by atoms with Crippen molar-refractivity contribution in [3.05, 3.63) is 0 Å². The van der Waals surface area contributed by atoms with Crippen molar-refractivity contribution in [2.45, 2.75) is 26.3 Å². The summed E-state index contributed by atoms with van der Waals surface area (Å²) < 4.78 is 31.7. The van der Waals surface area contributed by atoms with Crippen LogP contribution in [0, 0.1) is 11.3 Å². The summed E-state index contributed by atoms with van der Waals surface area (Å²) in [6.07, 6.45) is 0.765. The summed E-state index contributed by atoms with van der Waals surface area (Å²) in [7, 11) is -3.44. The number of sulfonamides is 1. The molecule has 7 heteroatoms. The van der Waals surface area contributed by atoms with E-state index in [0.29, 0.717) is 19.8 Å². The molecule has 2 fully saturated rings. The lowest BCUT2D eigenvalue weighted by Crippen LogP contribution is -2.48. The van der Waals surface area contributed by atoms with Gasteiger partial charge in [-0.2, -0.15) is 0 Å². The Morgan fingerprint density at radius 1 is 1.50 bits per heavy atom. The van der Waals surface area contributed by atoms with Gasteiger partial charge < -0.3 is 10.1 Å². The molecule has 0 spiro atoms. The Hall–Kier alpha value is -0.660.